The van der Waals surface area contributed by atoms with E-state index < -0.39 is 11.7 Å². The lowest BCUT2D eigenvalue weighted by molar-refractivity contribution is 0.0942. The number of nitrogens with zero attached hydrogens (tertiary/aromatic N) is 6. The Kier molecular flexibility index (Phi) is 6.82. The summed E-state index contributed by atoms with van der Waals surface area (Å²) < 4.78 is 15.6. The molecule has 0 aliphatic heterocycles. The van der Waals surface area contributed by atoms with Gasteiger partial charge in [-0.15, -0.1) is 5.10 Å². The number of imidazole rings is 1. The van der Waals surface area contributed by atoms with Crippen molar-refractivity contribution in [2.45, 2.75) is 57.0 Å². The summed E-state index contributed by atoms with van der Waals surface area (Å²) in [4.78, 5) is 41.8. The normalized spacial score (nSPS) is 19.0. The number of amides is 1. The summed E-state index contributed by atoms with van der Waals surface area (Å²) in [5, 5.41) is 14.3. The van der Waals surface area contributed by atoms with E-state index in [0.717, 1.165) is 50.4 Å². The molecule has 2 fully saturated rings. The smallest absolute Gasteiger partial charge is 0.276 e. The van der Waals surface area contributed by atoms with Gasteiger partial charge in [0.15, 0.2) is 22.9 Å². The van der Waals surface area contributed by atoms with Gasteiger partial charge in [-0.05, 0) is 50.5 Å². The average molecular weight is 530 g/mol. The Hall–Kier alpha value is -4.48. The van der Waals surface area contributed by atoms with Crippen LogP contribution < -0.4 is 16.0 Å². The minimum Gasteiger partial charge on any atom is -0.379 e. The van der Waals surface area contributed by atoms with Crippen LogP contribution in [0.4, 0.5) is 21.6 Å². The van der Waals surface area contributed by atoms with Crippen LogP contribution in [0.25, 0.3) is 5.65 Å². The number of halogens is 1. The van der Waals surface area contributed by atoms with E-state index in [1.165, 1.54) is 35.4 Å². The summed E-state index contributed by atoms with van der Waals surface area (Å²) >= 11 is 0. The fraction of sp³-hybridized carbons (Fsp3) is 0.370. The number of anilines is 3. The second-order valence-corrected chi connectivity index (χ2v) is 10.1. The van der Waals surface area contributed by atoms with Gasteiger partial charge in [0.05, 0.1) is 30.0 Å². The fourth-order valence-electron chi connectivity index (χ4n) is 4.94. The number of hydrogen-bond donors (Lipinski definition) is 3. The lowest BCUT2D eigenvalue weighted by atomic mass is 9.83. The van der Waals surface area contributed by atoms with Crippen LogP contribution in [0.5, 0.6) is 0 Å². The maximum Gasteiger partial charge on any atom is 0.276 e. The number of ketones is 1. The van der Waals surface area contributed by atoms with Crippen LogP contribution in [-0.4, -0.2) is 53.3 Å². The van der Waals surface area contributed by atoms with Crippen LogP contribution in [0.2, 0.25) is 0 Å². The summed E-state index contributed by atoms with van der Waals surface area (Å²) in [6.45, 7) is 0. The number of carbonyl (C=O) groups is 2. The first-order valence-corrected chi connectivity index (χ1v) is 13.2. The summed E-state index contributed by atoms with van der Waals surface area (Å²) in [6.07, 6.45) is 14.7. The predicted molar refractivity (Wildman–Crippen MR) is 142 cm³/mol. The van der Waals surface area contributed by atoms with Crippen LogP contribution in [-0.2, 0) is 0 Å². The molecule has 1 amide bonds. The number of carbonyl (C=O) groups excluding carboxylic acids is 2. The average Bonchev–Trinajstić information content (AvgIpc) is 3.66. The molecule has 4 aromatic rings. The molecule has 200 valence electrons. The van der Waals surface area contributed by atoms with Crippen molar-refractivity contribution in [1.82, 2.24) is 29.5 Å². The third kappa shape index (κ3) is 5.69. The first kappa shape index (κ1) is 24.8. The number of fused-ring (bicyclic) bond motifs is 1. The monoisotopic (exact) mass is 529 g/mol. The Morgan fingerprint density at radius 2 is 1.67 bits per heavy atom. The van der Waals surface area contributed by atoms with Crippen molar-refractivity contribution < 1.29 is 14.0 Å². The van der Waals surface area contributed by atoms with Crippen LogP contribution in [0.15, 0.2) is 49.3 Å². The Morgan fingerprint density at radius 3 is 2.41 bits per heavy atom. The van der Waals surface area contributed by atoms with Crippen molar-refractivity contribution in [3.8, 4) is 0 Å². The van der Waals surface area contributed by atoms with E-state index in [1.807, 2.05) is 6.07 Å². The van der Waals surface area contributed by atoms with Crippen molar-refractivity contribution in [2.24, 2.45) is 5.92 Å². The van der Waals surface area contributed by atoms with Gasteiger partial charge in [0.2, 0.25) is 0 Å². The Labute approximate surface area is 223 Å². The standard InChI is InChI=1S/C27H28FN9O2/c28-19-13-29-8-7-20(19)35-27(39)23-15-32-26-21(33-17-5-6-17)12-25(36-37(23)26)34-18-3-1-16(2-4-18)11-24(38)22-14-30-9-10-31-22/h7-10,12-18,33H,1-6,11H2,(H,34,36)(H,29,35,39). The first-order chi connectivity index (χ1) is 19.0. The molecule has 0 saturated heterocycles. The van der Waals surface area contributed by atoms with Crippen LogP contribution in [0.3, 0.4) is 0 Å². The number of pyridine rings is 1. The Balaban J connectivity index is 1.16. The number of rotatable bonds is 9. The zero-order chi connectivity index (χ0) is 26.8. The van der Waals surface area contributed by atoms with Gasteiger partial charge in [-0.25, -0.2) is 18.9 Å². The zero-order valence-corrected chi connectivity index (χ0v) is 21.2. The van der Waals surface area contributed by atoms with Gasteiger partial charge in [0.1, 0.15) is 11.5 Å². The number of Topliss-reactive ketones (excluding diaryl/α,β-unsaturated/α-hetero) is 1. The van der Waals surface area contributed by atoms with Crippen molar-refractivity contribution in [3.63, 3.8) is 0 Å². The second-order valence-electron chi connectivity index (χ2n) is 10.1. The Bertz CT molecular complexity index is 1500. The molecule has 4 aromatic heterocycles. The molecular weight excluding hydrogens is 501 g/mol. The van der Waals surface area contributed by atoms with Gasteiger partial charge in [-0.3, -0.25) is 19.6 Å². The molecule has 0 aromatic carbocycles. The molecule has 3 N–H and O–H groups in total. The fourth-order valence-corrected chi connectivity index (χ4v) is 4.94. The molecule has 0 atom stereocenters. The molecule has 0 spiro atoms. The highest BCUT2D eigenvalue weighted by molar-refractivity contribution is 6.03. The maximum absolute atomic E-state index is 14.1. The number of nitrogens with one attached hydrogen (secondary N) is 3. The van der Waals surface area contributed by atoms with Gasteiger partial charge >= 0.3 is 0 Å². The SMILES string of the molecule is O=C(CC1CCC(Nc2cc(NC3CC3)c3ncc(C(=O)Nc4ccncc4F)n3n2)CC1)c1cnccn1. The molecule has 11 nitrogen and oxygen atoms in total. The van der Waals surface area contributed by atoms with E-state index in [0.29, 0.717) is 35.5 Å². The van der Waals surface area contributed by atoms with Gasteiger partial charge in [-0.2, -0.15) is 0 Å². The summed E-state index contributed by atoms with van der Waals surface area (Å²) in [5.74, 6) is -0.201. The lowest BCUT2D eigenvalue weighted by Gasteiger charge is -2.29. The molecule has 12 heteroatoms. The van der Waals surface area contributed by atoms with Gasteiger partial charge in [0.25, 0.3) is 5.91 Å². The van der Waals surface area contributed by atoms with E-state index in [1.54, 1.807) is 6.20 Å². The molecular formula is C27H28FN9O2. The number of hydrogen-bond acceptors (Lipinski definition) is 9. The molecule has 39 heavy (non-hydrogen) atoms. The number of aromatic nitrogens is 6. The van der Waals surface area contributed by atoms with E-state index >= 15 is 0 Å². The third-order valence-corrected chi connectivity index (χ3v) is 7.18. The minimum atomic E-state index is -0.625. The van der Waals surface area contributed by atoms with Gasteiger partial charge in [-0.1, -0.05) is 0 Å². The quantitative estimate of drug-likeness (QED) is 0.273. The third-order valence-electron chi connectivity index (χ3n) is 7.18. The van der Waals surface area contributed by atoms with Crippen molar-refractivity contribution in [1.29, 1.82) is 0 Å². The Morgan fingerprint density at radius 1 is 0.897 bits per heavy atom. The van der Waals surface area contributed by atoms with E-state index in [4.69, 9.17) is 0 Å². The second kappa shape index (κ2) is 10.7. The molecule has 0 radical (unpaired) electrons. The highest BCUT2D eigenvalue weighted by Crippen LogP contribution is 2.32. The topological polar surface area (TPSA) is 139 Å². The predicted octanol–water partition coefficient (Wildman–Crippen LogP) is 4.12. The summed E-state index contributed by atoms with van der Waals surface area (Å²) in [6, 6.07) is 3.87. The molecule has 0 unspecified atom stereocenters. The highest BCUT2D eigenvalue weighted by Gasteiger charge is 2.27. The summed E-state index contributed by atoms with van der Waals surface area (Å²) in [7, 11) is 0. The van der Waals surface area contributed by atoms with E-state index in [-0.39, 0.29) is 23.2 Å². The first-order valence-electron chi connectivity index (χ1n) is 13.2. The largest absolute Gasteiger partial charge is 0.379 e. The molecule has 2 aliphatic carbocycles. The van der Waals surface area contributed by atoms with Crippen LogP contribution in [0, 0.1) is 11.7 Å². The van der Waals surface area contributed by atoms with Crippen molar-refractivity contribution in [2.75, 3.05) is 16.0 Å². The molecule has 2 aliphatic rings. The zero-order valence-electron chi connectivity index (χ0n) is 21.2. The highest BCUT2D eigenvalue weighted by atomic mass is 19.1. The molecule has 0 bridgehead atoms. The van der Waals surface area contributed by atoms with E-state index in [9.17, 15) is 14.0 Å². The lowest BCUT2D eigenvalue weighted by Crippen LogP contribution is -2.28. The van der Waals surface area contributed by atoms with Crippen LogP contribution >= 0.6 is 0 Å². The molecule has 6 rings (SSSR count). The van der Waals surface area contributed by atoms with Crippen LogP contribution in [0.1, 0.15) is 65.9 Å². The van der Waals surface area contributed by atoms with Gasteiger partial charge in [0, 0.05) is 43.2 Å². The van der Waals surface area contributed by atoms with Gasteiger partial charge < -0.3 is 16.0 Å². The maximum atomic E-state index is 14.1. The molecule has 4 heterocycles. The molecule has 2 saturated carbocycles. The summed E-state index contributed by atoms with van der Waals surface area (Å²) in [5.41, 5.74) is 1.95. The van der Waals surface area contributed by atoms with Crippen molar-refractivity contribution in [3.05, 3.63) is 66.5 Å². The minimum absolute atomic E-state index is 0.0278. The van der Waals surface area contributed by atoms with Crippen molar-refractivity contribution >= 4 is 34.5 Å². The van der Waals surface area contributed by atoms with E-state index in [2.05, 4.69) is 41.0 Å².